The fraction of sp³-hybridized carbons (Fsp3) is 0.538. The molecule has 0 spiro atoms. The van der Waals surface area contributed by atoms with E-state index in [0.29, 0.717) is 0 Å². The van der Waals surface area contributed by atoms with Crippen molar-refractivity contribution >= 4 is 5.69 Å². The van der Waals surface area contributed by atoms with Crippen LogP contribution in [0, 0.1) is 25.2 Å². The molecule has 1 fully saturated rings. The van der Waals surface area contributed by atoms with Crippen molar-refractivity contribution in [1.82, 2.24) is 4.98 Å². The van der Waals surface area contributed by atoms with Crippen molar-refractivity contribution in [1.29, 1.82) is 5.26 Å². The highest BCUT2D eigenvalue weighted by atomic mass is 15.1. The summed E-state index contributed by atoms with van der Waals surface area (Å²) >= 11 is 0. The van der Waals surface area contributed by atoms with E-state index in [9.17, 15) is 5.26 Å². The Hall–Kier alpha value is -1.56. The van der Waals surface area contributed by atoms with Crippen molar-refractivity contribution in [3.8, 4) is 6.07 Å². The van der Waals surface area contributed by atoms with Crippen LogP contribution in [-0.2, 0) is 0 Å². The molecule has 2 rings (SSSR count). The highest BCUT2D eigenvalue weighted by Crippen LogP contribution is 2.26. The lowest BCUT2D eigenvalue weighted by Gasteiger charge is -2.30. The summed E-state index contributed by atoms with van der Waals surface area (Å²) in [5, 5.41) is 9.20. The minimum atomic E-state index is 0.743. The number of pyridine rings is 1. The van der Waals surface area contributed by atoms with Gasteiger partial charge in [-0.2, -0.15) is 5.26 Å². The van der Waals surface area contributed by atoms with Crippen LogP contribution < -0.4 is 4.90 Å². The van der Waals surface area contributed by atoms with Crippen molar-refractivity contribution in [3.63, 3.8) is 0 Å². The molecule has 3 heteroatoms. The molecule has 0 N–H and O–H groups in total. The zero-order valence-electron chi connectivity index (χ0n) is 9.95. The maximum Gasteiger partial charge on any atom is 0.103 e. The van der Waals surface area contributed by atoms with Gasteiger partial charge in [0, 0.05) is 18.8 Å². The number of aromatic nitrogens is 1. The lowest BCUT2D eigenvalue weighted by Crippen LogP contribution is -2.30. The van der Waals surface area contributed by atoms with E-state index in [4.69, 9.17) is 0 Å². The van der Waals surface area contributed by atoms with Gasteiger partial charge in [0.15, 0.2) is 0 Å². The molecular weight excluding hydrogens is 198 g/mol. The Labute approximate surface area is 96.7 Å². The number of nitriles is 1. The van der Waals surface area contributed by atoms with Crippen molar-refractivity contribution in [3.05, 3.63) is 23.0 Å². The standard InChI is InChI=1S/C13H17N3/c1-10-8-13(12(9-14)11(2)15-10)16-6-4-3-5-7-16/h8H,3-7H2,1-2H3. The van der Waals surface area contributed by atoms with Crippen molar-refractivity contribution < 1.29 is 0 Å². The molecule has 1 aliphatic heterocycles. The van der Waals surface area contributed by atoms with E-state index in [-0.39, 0.29) is 0 Å². The Kier molecular flexibility index (Phi) is 3.09. The number of hydrogen-bond acceptors (Lipinski definition) is 3. The number of anilines is 1. The molecule has 16 heavy (non-hydrogen) atoms. The molecule has 1 aliphatic rings. The van der Waals surface area contributed by atoms with Crippen LogP contribution in [0.3, 0.4) is 0 Å². The molecule has 3 nitrogen and oxygen atoms in total. The summed E-state index contributed by atoms with van der Waals surface area (Å²) in [6.07, 6.45) is 3.76. The van der Waals surface area contributed by atoms with E-state index in [2.05, 4.69) is 16.0 Å². The molecule has 0 atom stereocenters. The van der Waals surface area contributed by atoms with Crippen LogP contribution in [0.4, 0.5) is 5.69 Å². The Balaban J connectivity index is 2.42. The fourth-order valence-electron chi connectivity index (χ4n) is 2.33. The highest BCUT2D eigenvalue weighted by molar-refractivity contribution is 5.61. The molecule has 1 aromatic rings. The van der Waals surface area contributed by atoms with Crippen LogP contribution in [0.2, 0.25) is 0 Å². The van der Waals surface area contributed by atoms with Gasteiger partial charge >= 0.3 is 0 Å². The monoisotopic (exact) mass is 215 g/mol. The third-order valence-corrected chi connectivity index (χ3v) is 3.12. The van der Waals surface area contributed by atoms with Gasteiger partial charge in [-0.25, -0.2) is 0 Å². The van der Waals surface area contributed by atoms with Gasteiger partial charge < -0.3 is 4.90 Å². The summed E-state index contributed by atoms with van der Waals surface area (Å²) in [5.41, 5.74) is 3.67. The first-order chi connectivity index (χ1) is 7.72. The quantitative estimate of drug-likeness (QED) is 0.722. The lowest BCUT2D eigenvalue weighted by molar-refractivity contribution is 0.577. The maximum absolute atomic E-state index is 9.20. The van der Waals surface area contributed by atoms with Crippen LogP contribution in [0.1, 0.15) is 36.2 Å². The van der Waals surface area contributed by atoms with Gasteiger partial charge in [0.2, 0.25) is 0 Å². The Morgan fingerprint density at radius 2 is 1.94 bits per heavy atom. The zero-order valence-corrected chi connectivity index (χ0v) is 9.95. The van der Waals surface area contributed by atoms with Gasteiger partial charge in [0.05, 0.1) is 16.9 Å². The van der Waals surface area contributed by atoms with Gasteiger partial charge in [-0.3, -0.25) is 4.98 Å². The maximum atomic E-state index is 9.20. The number of aryl methyl sites for hydroxylation is 2. The van der Waals surface area contributed by atoms with E-state index < -0.39 is 0 Å². The predicted octanol–water partition coefficient (Wildman–Crippen LogP) is 2.56. The molecule has 0 bridgehead atoms. The van der Waals surface area contributed by atoms with Crippen LogP contribution in [0.25, 0.3) is 0 Å². The first kappa shape index (κ1) is 10.9. The van der Waals surface area contributed by atoms with Gasteiger partial charge in [-0.1, -0.05) is 0 Å². The van der Waals surface area contributed by atoms with Crippen LogP contribution >= 0.6 is 0 Å². The first-order valence-electron chi connectivity index (χ1n) is 5.85. The summed E-state index contributed by atoms with van der Waals surface area (Å²) in [5.74, 6) is 0. The second kappa shape index (κ2) is 4.52. The summed E-state index contributed by atoms with van der Waals surface area (Å²) in [4.78, 5) is 6.67. The predicted molar refractivity (Wildman–Crippen MR) is 64.5 cm³/mol. The van der Waals surface area contributed by atoms with E-state index in [1.54, 1.807) is 0 Å². The molecule has 0 saturated carbocycles. The Morgan fingerprint density at radius 1 is 1.25 bits per heavy atom. The second-order valence-electron chi connectivity index (χ2n) is 4.40. The largest absolute Gasteiger partial charge is 0.370 e. The first-order valence-corrected chi connectivity index (χ1v) is 5.85. The Bertz CT molecular complexity index is 426. The summed E-state index contributed by atoms with van der Waals surface area (Å²) in [7, 11) is 0. The average molecular weight is 215 g/mol. The van der Waals surface area contributed by atoms with Crippen molar-refractivity contribution in [2.24, 2.45) is 0 Å². The van der Waals surface area contributed by atoms with Crippen LogP contribution in [0.5, 0.6) is 0 Å². The topological polar surface area (TPSA) is 39.9 Å². The molecule has 0 aromatic carbocycles. The number of rotatable bonds is 1. The second-order valence-corrected chi connectivity index (χ2v) is 4.40. The zero-order chi connectivity index (χ0) is 11.5. The fourth-order valence-corrected chi connectivity index (χ4v) is 2.33. The molecule has 1 aromatic heterocycles. The van der Waals surface area contributed by atoms with Crippen molar-refractivity contribution in [2.75, 3.05) is 18.0 Å². The molecule has 0 amide bonds. The molecule has 0 radical (unpaired) electrons. The minimum Gasteiger partial charge on any atom is -0.370 e. The third kappa shape index (κ3) is 2.01. The average Bonchev–Trinajstić information content (AvgIpc) is 2.29. The van der Waals surface area contributed by atoms with Gasteiger partial charge in [0.25, 0.3) is 0 Å². The molecule has 0 unspecified atom stereocenters. The van der Waals surface area contributed by atoms with E-state index >= 15 is 0 Å². The smallest absolute Gasteiger partial charge is 0.103 e. The third-order valence-electron chi connectivity index (χ3n) is 3.12. The molecule has 84 valence electrons. The normalized spacial score (nSPS) is 15.9. The summed E-state index contributed by atoms with van der Waals surface area (Å²) < 4.78 is 0. The van der Waals surface area contributed by atoms with Gasteiger partial charge in [-0.15, -0.1) is 0 Å². The summed E-state index contributed by atoms with van der Waals surface area (Å²) in [6, 6.07) is 4.32. The van der Waals surface area contributed by atoms with Gasteiger partial charge in [-0.05, 0) is 39.2 Å². The van der Waals surface area contributed by atoms with E-state index in [1.165, 1.54) is 19.3 Å². The number of hydrogen-bond donors (Lipinski definition) is 0. The SMILES string of the molecule is Cc1cc(N2CCCCC2)c(C#N)c(C)n1. The minimum absolute atomic E-state index is 0.743. The van der Waals surface area contributed by atoms with Gasteiger partial charge in [0.1, 0.15) is 6.07 Å². The van der Waals surface area contributed by atoms with E-state index in [1.807, 2.05) is 19.9 Å². The number of piperidine rings is 1. The molecule has 1 saturated heterocycles. The Morgan fingerprint density at radius 3 is 2.56 bits per heavy atom. The van der Waals surface area contributed by atoms with Crippen LogP contribution in [-0.4, -0.2) is 18.1 Å². The highest BCUT2D eigenvalue weighted by Gasteiger charge is 2.16. The molecular formula is C13H17N3. The van der Waals surface area contributed by atoms with Crippen molar-refractivity contribution in [2.45, 2.75) is 33.1 Å². The molecule has 2 heterocycles. The summed E-state index contributed by atoms with van der Waals surface area (Å²) in [6.45, 7) is 6.04. The van der Waals surface area contributed by atoms with E-state index in [0.717, 1.165) is 35.7 Å². The van der Waals surface area contributed by atoms with Crippen LogP contribution in [0.15, 0.2) is 6.07 Å². The number of nitrogens with zero attached hydrogens (tertiary/aromatic N) is 3. The molecule has 0 aliphatic carbocycles. The lowest BCUT2D eigenvalue weighted by atomic mass is 10.1.